The van der Waals surface area contributed by atoms with E-state index in [9.17, 15) is 8.42 Å². The van der Waals surface area contributed by atoms with Crippen LogP contribution in [0.25, 0.3) is 0 Å². The zero-order chi connectivity index (χ0) is 15.5. The molecule has 0 aromatic heterocycles. The van der Waals surface area contributed by atoms with Crippen molar-refractivity contribution >= 4 is 15.5 Å². The summed E-state index contributed by atoms with van der Waals surface area (Å²) in [7, 11) is -3.13. The van der Waals surface area contributed by atoms with Crippen LogP contribution in [0.4, 0.5) is 5.69 Å². The molecule has 1 aromatic rings. The van der Waals surface area contributed by atoms with Crippen molar-refractivity contribution in [3.8, 4) is 0 Å². The zero-order valence-corrected chi connectivity index (χ0v) is 13.8. The van der Waals surface area contributed by atoms with Crippen LogP contribution in [-0.2, 0) is 9.84 Å². The lowest BCUT2D eigenvalue weighted by molar-refractivity contribution is 0.300. The second kappa shape index (κ2) is 6.79. The van der Waals surface area contributed by atoms with Gasteiger partial charge in [0.1, 0.15) is 0 Å². The highest BCUT2D eigenvalue weighted by molar-refractivity contribution is 7.90. The van der Waals surface area contributed by atoms with Gasteiger partial charge in [-0.3, -0.25) is 0 Å². The van der Waals surface area contributed by atoms with Gasteiger partial charge in [0.2, 0.25) is 0 Å². The van der Waals surface area contributed by atoms with Gasteiger partial charge in [-0.1, -0.05) is 12.8 Å². The molecule has 1 aliphatic carbocycles. The van der Waals surface area contributed by atoms with Crippen LogP contribution in [0.3, 0.4) is 0 Å². The molecule has 118 valence electrons. The molecule has 2 atom stereocenters. The number of rotatable bonds is 5. The Balaban J connectivity index is 2.24. The Morgan fingerprint density at radius 3 is 2.33 bits per heavy atom. The highest BCUT2D eigenvalue weighted by atomic mass is 32.2. The van der Waals surface area contributed by atoms with Gasteiger partial charge in [-0.15, -0.1) is 0 Å². The molecular weight excluding hydrogens is 284 g/mol. The summed E-state index contributed by atoms with van der Waals surface area (Å²) in [5, 5.41) is 0. The van der Waals surface area contributed by atoms with Crippen LogP contribution in [0.2, 0.25) is 0 Å². The standard InChI is InChI=1S/C16H26N2O2S/c1-3-18(16-7-5-4-6-13(16)12-17)14-8-10-15(11-9-14)21(2,19)20/h8-11,13,16H,3-7,12,17H2,1-2H3. The van der Waals surface area contributed by atoms with Gasteiger partial charge in [0.15, 0.2) is 9.84 Å². The van der Waals surface area contributed by atoms with Crippen LogP contribution in [0.5, 0.6) is 0 Å². The minimum Gasteiger partial charge on any atom is -0.368 e. The largest absolute Gasteiger partial charge is 0.368 e. The summed E-state index contributed by atoms with van der Waals surface area (Å²) >= 11 is 0. The van der Waals surface area contributed by atoms with Crippen molar-refractivity contribution in [1.29, 1.82) is 0 Å². The van der Waals surface area contributed by atoms with E-state index in [2.05, 4.69) is 11.8 Å². The maximum absolute atomic E-state index is 11.6. The van der Waals surface area contributed by atoms with Crippen LogP contribution in [0, 0.1) is 5.92 Å². The van der Waals surface area contributed by atoms with E-state index in [1.165, 1.54) is 31.9 Å². The number of nitrogens with zero attached hydrogens (tertiary/aromatic N) is 1. The molecule has 2 N–H and O–H groups in total. The highest BCUT2D eigenvalue weighted by Gasteiger charge is 2.28. The summed E-state index contributed by atoms with van der Waals surface area (Å²) in [5.41, 5.74) is 7.03. The van der Waals surface area contributed by atoms with Crippen molar-refractivity contribution < 1.29 is 8.42 Å². The Kier molecular flexibility index (Phi) is 5.27. The first-order chi connectivity index (χ1) is 9.97. The molecule has 1 saturated carbocycles. The summed E-state index contributed by atoms with van der Waals surface area (Å²) in [6, 6.07) is 7.71. The van der Waals surface area contributed by atoms with Crippen molar-refractivity contribution in [3.63, 3.8) is 0 Å². The van der Waals surface area contributed by atoms with E-state index in [0.717, 1.165) is 18.8 Å². The van der Waals surface area contributed by atoms with Crippen molar-refractivity contribution in [1.82, 2.24) is 0 Å². The number of benzene rings is 1. The fraction of sp³-hybridized carbons (Fsp3) is 0.625. The van der Waals surface area contributed by atoms with Gasteiger partial charge in [0.05, 0.1) is 4.90 Å². The normalized spacial score (nSPS) is 23.0. The first-order valence-electron chi connectivity index (χ1n) is 7.74. The van der Waals surface area contributed by atoms with Gasteiger partial charge in [0.25, 0.3) is 0 Å². The van der Waals surface area contributed by atoms with Gasteiger partial charge >= 0.3 is 0 Å². The van der Waals surface area contributed by atoms with E-state index < -0.39 is 9.84 Å². The van der Waals surface area contributed by atoms with E-state index in [4.69, 9.17) is 5.73 Å². The molecule has 0 spiro atoms. The van der Waals surface area contributed by atoms with E-state index in [1.54, 1.807) is 12.1 Å². The third-order valence-corrected chi connectivity index (χ3v) is 5.64. The third-order valence-electron chi connectivity index (χ3n) is 4.51. The number of hydrogen-bond donors (Lipinski definition) is 1. The second-order valence-corrected chi connectivity index (χ2v) is 7.92. The topological polar surface area (TPSA) is 63.4 Å². The average Bonchev–Trinajstić information content (AvgIpc) is 2.48. The summed E-state index contributed by atoms with van der Waals surface area (Å²) < 4.78 is 23.1. The fourth-order valence-electron chi connectivity index (χ4n) is 3.37. The van der Waals surface area contributed by atoms with Gasteiger partial charge in [-0.25, -0.2) is 8.42 Å². The lowest BCUT2D eigenvalue weighted by Gasteiger charge is -2.40. The van der Waals surface area contributed by atoms with Crippen molar-refractivity contribution in [2.45, 2.75) is 43.5 Å². The molecule has 0 bridgehead atoms. The molecule has 0 radical (unpaired) electrons. The molecular formula is C16H26N2O2S. The molecule has 0 saturated heterocycles. The van der Waals surface area contributed by atoms with Crippen LogP contribution >= 0.6 is 0 Å². The Hall–Kier alpha value is -1.07. The summed E-state index contributed by atoms with van der Waals surface area (Å²) in [6.07, 6.45) is 6.12. The molecule has 5 heteroatoms. The number of sulfone groups is 1. The smallest absolute Gasteiger partial charge is 0.175 e. The van der Waals surface area contributed by atoms with Crippen LogP contribution in [-0.4, -0.2) is 33.8 Å². The fourth-order valence-corrected chi connectivity index (χ4v) is 4.00. The zero-order valence-electron chi connectivity index (χ0n) is 13.0. The first-order valence-corrected chi connectivity index (χ1v) is 9.63. The second-order valence-electron chi connectivity index (χ2n) is 5.90. The lowest BCUT2D eigenvalue weighted by atomic mass is 9.83. The molecule has 4 nitrogen and oxygen atoms in total. The van der Waals surface area contributed by atoms with Gasteiger partial charge in [-0.05, 0) is 56.5 Å². The van der Waals surface area contributed by atoms with E-state index in [-0.39, 0.29) is 0 Å². The number of nitrogens with two attached hydrogens (primary N) is 1. The minimum atomic E-state index is -3.13. The number of hydrogen-bond acceptors (Lipinski definition) is 4. The quantitative estimate of drug-likeness (QED) is 0.907. The summed E-state index contributed by atoms with van der Waals surface area (Å²) in [6.45, 7) is 3.79. The van der Waals surface area contributed by atoms with Crippen LogP contribution in [0.15, 0.2) is 29.2 Å². The molecule has 0 amide bonds. The predicted molar refractivity (Wildman–Crippen MR) is 87.4 cm³/mol. The summed E-state index contributed by atoms with van der Waals surface area (Å²) in [4.78, 5) is 2.75. The SMILES string of the molecule is CCN(c1ccc(S(C)(=O)=O)cc1)C1CCCCC1CN. The third kappa shape index (κ3) is 3.77. The monoisotopic (exact) mass is 310 g/mol. The Labute approximate surface area is 128 Å². The Morgan fingerprint density at radius 1 is 1.19 bits per heavy atom. The van der Waals surface area contributed by atoms with E-state index in [0.29, 0.717) is 16.9 Å². The minimum absolute atomic E-state index is 0.376. The van der Waals surface area contributed by atoms with Gasteiger partial charge < -0.3 is 10.6 Å². The number of anilines is 1. The van der Waals surface area contributed by atoms with Crippen molar-refractivity contribution in [3.05, 3.63) is 24.3 Å². The van der Waals surface area contributed by atoms with E-state index >= 15 is 0 Å². The Bertz CT molecular complexity index is 554. The molecule has 21 heavy (non-hydrogen) atoms. The Morgan fingerprint density at radius 2 is 1.81 bits per heavy atom. The lowest BCUT2D eigenvalue weighted by Crippen LogP contribution is -2.45. The van der Waals surface area contributed by atoms with Crippen LogP contribution in [0.1, 0.15) is 32.6 Å². The van der Waals surface area contributed by atoms with Gasteiger partial charge in [0, 0.05) is 24.5 Å². The molecule has 0 aliphatic heterocycles. The predicted octanol–water partition coefficient (Wildman–Crippen LogP) is 2.43. The molecule has 1 aliphatic rings. The van der Waals surface area contributed by atoms with Gasteiger partial charge in [-0.2, -0.15) is 0 Å². The maximum Gasteiger partial charge on any atom is 0.175 e. The molecule has 1 aromatic carbocycles. The molecule has 2 rings (SSSR count). The molecule has 2 unspecified atom stereocenters. The highest BCUT2D eigenvalue weighted by Crippen LogP contribution is 2.31. The molecule has 0 heterocycles. The molecule has 1 fully saturated rings. The van der Waals surface area contributed by atoms with Crippen molar-refractivity contribution in [2.75, 3.05) is 24.2 Å². The summed E-state index contributed by atoms with van der Waals surface area (Å²) in [5.74, 6) is 0.535. The van der Waals surface area contributed by atoms with E-state index in [1.807, 2.05) is 12.1 Å². The maximum atomic E-state index is 11.6. The van der Waals surface area contributed by atoms with Crippen molar-refractivity contribution in [2.24, 2.45) is 11.7 Å². The first kappa shape index (κ1) is 16.3. The average molecular weight is 310 g/mol. The van der Waals surface area contributed by atoms with Crippen LogP contribution < -0.4 is 10.6 Å².